The molecule has 2 aromatic heterocycles. The van der Waals surface area contributed by atoms with Crippen molar-refractivity contribution in [2.24, 2.45) is 0 Å². The maximum absolute atomic E-state index is 6.48. The lowest BCUT2D eigenvalue weighted by atomic mass is 9.80. The molecule has 41 heavy (non-hydrogen) atoms. The number of hydrogen-bond acceptors (Lipinski definition) is 10. The van der Waals surface area contributed by atoms with Crippen LogP contribution in [0.2, 0.25) is 0 Å². The molecule has 0 N–H and O–H groups in total. The lowest BCUT2D eigenvalue weighted by molar-refractivity contribution is 0.00578. The molecule has 0 bridgehead atoms. The van der Waals surface area contributed by atoms with E-state index in [1.165, 1.54) is 0 Å². The van der Waals surface area contributed by atoms with Crippen molar-refractivity contribution in [2.45, 2.75) is 52.0 Å². The maximum atomic E-state index is 6.48. The van der Waals surface area contributed by atoms with E-state index in [1.807, 2.05) is 69.0 Å². The van der Waals surface area contributed by atoms with Gasteiger partial charge in [0.15, 0.2) is 5.58 Å². The summed E-state index contributed by atoms with van der Waals surface area (Å²) in [5, 5.41) is 0. The summed E-state index contributed by atoms with van der Waals surface area (Å²) < 4.78 is 41.3. The average Bonchev–Trinajstić information content (AvgIpc) is 3.49. The molecular weight excluding hydrogens is 525 g/mol. The second-order valence-electron chi connectivity index (χ2n) is 10.9. The molecule has 0 spiro atoms. The fourth-order valence-corrected chi connectivity index (χ4v) is 4.70. The molecule has 11 heteroatoms. The molecule has 0 saturated carbocycles. The van der Waals surface area contributed by atoms with E-state index < -0.39 is 18.3 Å². The topological polar surface area (TPSA) is 97.5 Å². The van der Waals surface area contributed by atoms with E-state index in [0.717, 1.165) is 11.1 Å². The van der Waals surface area contributed by atoms with Crippen molar-refractivity contribution in [3.8, 4) is 23.0 Å². The van der Waals surface area contributed by atoms with E-state index in [9.17, 15) is 0 Å². The Morgan fingerprint density at radius 2 is 1.29 bits per heavy atom. The summed E-state index contributed by atoms with van der Waals surface area (Å²) in [6.45, 7) is 8.90. The van der Waals surface area contributed by atoms with Crippen LogP contribution in [0.25, 0.3) is 11.1 Å². The van der Waals surface area contributed by atoms with Gasteiger partial charge in [0, 0.05) is 34.9 Å². The molecule has 1 fully saturated rings. The largest absolute Gasteiger partial charge is 0.500 e. The smallest absolute Gasteiger partial charge is 0.497 e. The number of methoxy groups -OCH3 is 4. The van der Waals surface area contributed by atoms with Crippen molar-refractivity contribution >= 4 is 29.7 Å². The maximum Gasteiger partial charge on any atom is 0.500 e. The molecule has 3 heterocycles. The zero-order chi connectivity index (χ0) is 29.4. The highest BCUT2D eigenvalue weighted by molar-refractivity contribution is 6.64. The highest BCUT2D eigenvalue weighted by Gasteiger charge is 2.52. The lowest BCUT2D eigenvalue weighted by Crippen LogP contribution is -2.41. The Morgan fingerprint density at radius 3 is 1.78 bits per heavy atom. The molecule has 0 aliphatic carbocycles. The molecule has 10 nitrogen and oxygen atoms in total. The molecule has 0 amide bonds. The van der Waals surface area contributed by atoms with E-state index >= 15 is 0 Å². The summed E-state index contributed by atoms with van der Waals surface area (Å²) >= 11 is 0. The summed E-state index contributed by atoms with van der Waals surface area (Å²) in [5.41, 5.74) is 2.67. The minimum atomic E-state index is -0.645. The molecule has 1 aliphatic heterocycles. The van der Waals surface area contributed by atoms with Crippen molar-refractivity contribution in [1.82, 2.24) is 9.97 Å². The van der Waals surface area contributed by atoms with Crippen LogP contribution in [0.5, 0.6) is 23.0 Å². The lowest BCUT2D eigenvalue weighted by Gasteiger charge is -2.32. The number of pyridine rings is 1. The Morgan fingerprint density at radius 1 is 0.756 bits per heavy atom. The Labute approximate surface area is 240 Å². The molecule has 5 rings (SSSR count). The monoisotopic (exact) mass is 561 g/mol. The first-order chi connectivity index (χ1) is 19.6. The van der Waals surface area contributed by atoms with E-state index in [4.69, 9.17) is 37.7 Å². The van der Waals surface area contributed by atoms with Crippen LogP contribution in [0.3, 0.4) is 0 Å². The molecule has 2 aromatic carbocycles. The van der Waals surface area contributed by atoms with Crippen molar-refractivity contribution in [3.63, 3.8) is 0 Å². The standard InChI is InChI=1S/C30H36BN3O7/c1-29(2)30(3,4)41-31(40-29)23-15-32-16-24-27(23)39-28(33-24)34(17-19-9-11-21(35-5)13-25(19)37-7)18-20-10-12-22(36-6)14-26(20)38-8/h9-16H,17-18H2,1-8H3. The molecule has 0 unspecified atom stereocenters. The van der Waals surface area contributed by atoms with Gasteiger partial charge in [-0.25, -0.2) is 0 Å². The number of rotatable bonds is 10. The van der Waals surface area contributed by atoms with Crippen LogP contribution in [-0.4, -0.2) is 56.7 Å². The van der Waals surface area contributed by atoms with Gasteiger partial charge >= 0.3 is 7.12 Å². The molecule has 1 aliphatic rings. The highest BCUT2D eigenvalue weighted by atomic mass is 16.7. The summed E-state index contributed by atoms with van der Waals surface area (Å²) in [6, 6.07) is 11.8. The van der Waals surface area contributed by atoms with Gasteiger partial charge in [0.2, 0.25) is 0 Å². The van der Waals surface area contributed by atoms with Gasteiger partial charge in [-0.3, -0.25) is 4.98 Å². The number of ether oxygens (including phenoxy) is 4. The summed E-state index contributed by atoms with van der Waals surface area (Å²) in [6.07, 6.45) is 3.39. The Kier molecular flexibility index (Phi) is 7.76. The molecular formula is C30H36BN3O7. The zero-order valence-corrected chi connectivity index (χ0v) is 24.8. The number of fused-ring (bicyclic) bond motifs is 1. The summed E-state index contributed by atoms with van der Waals surface area (Å²) in [7, 11) is 5.88. The first-order valence-electron chi connectivity index (χ1n) is 13.4. The van der Waals surface area contributed by atoms with Crippen molar-refractivity contribution in [1.29, 1.82) is 0 Å². The second kappa shape index (κ2) is 11.1. The van der Waals surface area contributed by atoms with Crippen LogP contribution in [-0.2, 0) is 22.4 Å². The van der Waals surface area contributed by atoms with E-state index in [-0.39, 0.29) is 0 Å². The van der Waals surface area contributed by atoms with Crippen LogP contribution in [0.1, 0.15) is 38.8 Å². The van der Waals surface area contributed by atoms with Crippen LogP contribution < -0.4 is 29.3 Å². The number of aromatic nitrogens is 2. The third kappa shape index (κ3) is 5.51. The average molecular weight is 561 g/mol. The quantitative estimate of drug-likeness (QED) is 0.252. The third-order valence-corrected chi connectivity index (χ3v) is 7.80. The predicted octanol–water partition coefficient (Wildman–Crippen LogP) is 4.76. The van der Waals surface area contributed by atoms with Gasteiger partial charge in [-0.1, -0.05) is 0 Å². The fraction of sp³-hybridized carbons (Fsp3) is 0.400. The summed E-state index contributed by atoms with van der Waals surface area (Å²) in [4.78, 5) is 11.3. The molecule has 0 atom stereocenters. The van der Waals surface area contributed by atoms with Crippen molar-refractivity contribution in [2.75, 3.05) is 33.3 Å². The fourth-order valence-electron chi connectivity index (χ4n) is 4.70. The van der Waals surface area contributed by atoms with Gasteiger partial charge in [0.05, 0.1) is 58.9 Å². The molecule has 216 valence electrons. The SMILES string of the molecule is COc1ccc(CN(Cc2ccc(OC)cc2OC)c2nc3cncc(B4OC(C)(C)C(C)(C)O4)c3o2)c(OC)c1. The van der Waals surface area contributed by atoms with Crippen LogP contribution in [0.15, 0.2) is 53.2 Å². The van der Waals surface area contributed by atoms with Gasteiger partial charge in [-0.15, -0.1) is 0 Å². The first kappa shape index (κ1) is 28.6. The molecule has 1 saturated heterocycles. The predicted molar refractivity (Wildman–Crippen MR) is 156 cm³/mol. The van der Waals surface area contributed by atoms with Crippen molar-refractivity contribution in [3.05, 3.63) is 59.9 Å². The Balaban J connectivity index is 1.57. The van der Waals surface area contributed by atoms with Gasteiger partial charge in [-0.05, 0) is 52.0 Å². The number of anilines is 1. The number of nitrogens with zero attached hydrogens (tertiary/aromatic N) is 3. The first-order valence-corrected chi connectivity index (χ1v) is 13.4. The minimum absolute atomic E-state index is 0.404. The Bertz CT molecular complexity index is 1460. The van der Waals surface area contributed by atoms with E-state index in [0.29, 0.717) is 58.7 Å². The van der Waals surface area contributed by atoms with Crippen LogP contribution in [0, 0.1) is 0 Å². The number of oxazole rings is 1. The minimum Gasteiger partial charge on any atom is -0.497 e. The second-order valence-corrected chi connectivity index (χ2v) is 10.9. The van der Waals surface area contributed by atoms with Crippen molar-refractivity contribution < 1.29 is 32.7 Å². The van der Waals surface area contributed by atoms with Crippen LogP contribution in [0.4, 0.5) is 6.01 Å². The van der Waals surface area contributed by atoms with E-state index in [1.54, 1.807) is 40.8 Å². The van der Waals surface area contributed by atoms with Gasteiger partial charge in [0.1, 0.15) is 28.5 Å². The number of benzene rings is 2. The van der Waals surface area contributed by atoms with Gasteiger partial charge in [-0.2, -0.15) is 4.98 Å². The molecule has 0 radical (unpaired) electrons. The summed E-state index contributed by atoms with van der Waals surface area (Å²) in [5.74, 6) is 2.78. The Hall–Kier alpha value is -3.96. The molecule has 4 aromatic rings. The van der Waals surface area contributed by atoms with E-state index in [2.05, 4.69) is 4.98 Å². The van der Waals surface area contributed by atoms with Gasteiger partial charge in [0.25, 0.3) is 6.01 Å². The number of hydrogen-bond donors (Lipinski definition) is 0. The zero-order valence-electron chi connectivity index (χ0n) is 24.8. The third-order valence-electron chi connectivity index (χ3n) is 7.80. The highest BCUT2D eigenvalue weighted by Crippen LogP contribution is 2.38. The van der Waals surface area contributed by atoms with Crippen LogP contribution >= 0.6 is 0 Å². The normalized spacial score (nSPS) is 15.7. The van der Waals surface area contributed by atoms with Gasteiger partial charge < -0.3 is 37.6 Å².